The molecule has 0 spiro atoms. The number of piperidine rings is 1. The Balaban J connectivity index is 2.02. The molecule has 1 aromatic rings. The van der Waals surface area contributed by atoms with Gasteiger partial charge >= 0.3 is 0 Å². The second-order valence-electron chi connectivity index (χ2n) is 4.72. The summed E-state index contributed by atoms with van der Waals surface area (Å²) < 4.78 is 5.47. The van der Waals surface area contributed by atoms with Crippen molar-refractivity contribution in [3.63, 3.8) is 0 Å². The number of rotatable bonds is 6. The largest absolute Gasteiger partial charge is 0.378 e. The van der Waals surface area contributed by atoms with Crippen molar-refractivity contribution in [1.29, 1.82) is 0 Å². The number of pyridine rings is 1. The van der Waals surface area contributed by atoms with Crippen LogP contribution in [0.3, 0.4) is 0 Å². The summed E-state index contributed by atoms with van der Waals surface area (Å²) in [5.74, 6) is 0. The topological polar surface area (TPSA) is 66.5 Å². The van der Waals surface area contributed by atoms with Crippen LogP contribution in [0.25, 0.3) is 0 Å². The maximum absolute atomic E-state index is 10.8. The van der Waals surface area contributed by atoms with Crippen LogP contribution in [0, 0.1) is 0 Å². The molecule has 1 fully saturated rings. The second kappa shape index (κ2) is 6.91. The number of nitrogens with zero attached hydrogens (tertiary/aromatic N) is 2. The van der Waals surface area contributed by atoms with Crippen LogP contribution in [-0.2, 0) is 9.53 Å². The van der Waals surface area contributed by atoms with E-state index in [0.717, 1.165) is 30.8 Å². The number of carbonyl (C=O) groups excluding carboxylic acids is 1. The molecule has 1 aliphatic heterocycles. The van der Waals surface area contributed by atoms with E-state index in [4.69, 9.17) is 4.74 Å². The van der Waals surface area contributed by atoms with E-state index >= 15 is 0 Å². The standard InChI is InChI=1S/C14H20N4O2/c1-3-16-11-6-12(8-15-7-11)17-13-4-5-18(10-19)9-14(13)20-2/h3,6-8,10,13-14,16-17H,1,4-5,9H2,2H3. The number of amides is 1. The summed E-state index contributed by atoms with van der Waals surface area (Å²) in [5.41, 5.74) is 1.80. The molecule has 0 saturated carbocycles. The third-order valence-corrected chi connectivity index (χ3v) is 3.40. The number of nitrogens with one attached hydrogen (secondary N) is 2. The van der Waals surface area contributed by atoms with Gasteiger partial charge in [0.15, 0.2) is 0 Å². The van der Waals surface area contributed by atoms with E-state index in [0.29, 0.717) is 6.54 Å². The minimum absolute atomic E-state index is 0.0232. The summed E-state index contributed by atoms with van der Waals surface area (Å²) >= 11 is 0. The van der Waals surface area contributed by atoms with Gasteiger partial charge in [-0.15, -0.1) is 0 Å². The lowest BCUT2D eigenvalue weighted by atomic mass is 10.0. The van der Waals surface area contributed by atoms with Crippen molar-refractivity contribution < 1.29 is 9.53 Å². The van der Waals surface area contributed by atoms with E-state index in [2.05, 4.69) is 22.2 Å². The Morgan fingerprint density at radius 1 is 1.50 bits per heavy atom. The van der Waals surface area contributed by atoms with Crippen LogP contribution in [-0.4, -0.2) is 48.6 Å². The molecule has 0 radical (unpaired) electrons. The smallest absolute Gasteiger partial charge is 0.209 e. The molecule has 2 unspecified atom stereocenters. The maximum Gasteiger partial charge on any atom is 0.209 e. The number of likely N-dealkylation sites (tertiary alicyclic amines) is 1. The molecule has 6 nitrogen and oxygen atoms in total. The Morgan fingerprint density at radius 2 is 2.30 bits per heavy atom. The first-order valence-corrected chi connectivity index (χ1v) is 6.58. The minimum Gasteiger partial charge on any atom is -0.378 e. The summed E-state index contributed by atoms with van der Waals surface area (Å²) in [4.78, 5) is 16.7. The third kappa shape index (κ3) is 3.48. The van der Waals surface area contributed by atoms with E-state index < -0.39 is 0 Å². The van der Waals surface area contributed by atoms with E-state index in [1.807, 2.05) is 6.07 Å². The fraction of sp³-hybridized carbons (Fsp3) is 0.429. The first kappa shape index (κ1) is 14.3. The van der Waals surface area contributed by atoms with Crippen molar-refractivity contribution in [2.75, 3.05) is 30.8 Å². The van der Waals surface area contributed by atoms with Crippen LogP contribution >= 0.6 is 0 Å². The zero-order valence-electron chi connectivity index (χ0n) is 11.6. The molecule has 1 amide bonds. The number of methoxy groups -OCH3 is 1. The predicted octanol–water partition coefficient (Wildman–Crippen LogP) is 1.29. The SMILES string of the molecule is C=CNc1cncc(NC2CCN(C=O)CC2OC)c1. The molecule has 0 bridgehead atoms. The van der Waals surface area contributed by atoms with Gasteiger partial charge in [0.05, 0.1) is 35.9 Å². The molecule has 2 rings (SSSR count). The minimum atomic E-state index is -0.0232. The first-order chi connectivity index (χ1) is 9.76. The fourth-order valence-corrected chi connectivity index (χ4v) is 2.37. The monoisotopic (exact) mass is 276 g/mol. The number of aromatic nitrogens is 1. The Labute approximate surface area is 118 Å². The normalized spacial score (nSPS) is 22.1. The van der Waals surface area contributed by atoms with Gasteiger partial charge in [-0.3, -0.25) is 9.78 Å². The van der Waals surface area contributed by atoms with Crippen LogP contribution in [0.15, 0.2) is 31.2 Å². The molecule has 20 heavy (non-hydrogen) atoms. The predicted molar refractivity (Wildman–Crippen MR) is 78.5 cm³/mol. The molecule has 6 heteroatoms. The molecule has 108 valence electrons. The zero-order valence-corrected chi connectivity index (χ0v) is 11.6. The van der Waals surface area contributed by atoms with Gasteiger partial charge in [-0.1, -0.05) is 6.58 Å². The highest BCUT2D eigenvalue weighted by Gasteiger charge is 2.28. The summed E-state index contributed by atoms with van der Waals surface area (Å²) in [6.07, 6.45) is 6.81. The highest BCUT2D eigenvalue weighted by molar-refractivity contribution is 5.55. The third-order valence-electron chi connectivity index (χ3n) is 3.40. The number of hydrogen-bond donors (Lipinski definition) is 2. The Morgan fingerprint density at radius 3 is 3.00 bits per heavy atom. The van der Waals surface area contributed by atoms with Crippen molar-refractivity contribution in [2.45, 2.75) is 18.6 Å². The lowest BCUT2D eigenvalue weighted by Gasteiger charge is -2.36. The molecule has 2 N–H and O–H groups in total. The maximum atomic E-state index is 10.8. The van der Waals surface area contributed by atoms with Gasteiger partial charge in [0.25, 0.3) is 0 Å². The van der Waals surface area contributed by atoms with Gasteiger partial charge < -0.3 is 20.3 Å². The summed E-state index contributed by atoms with van der Waals surface area (Å²) in [7, 11) is 1.67. The van der Waals surface area contributed by atoms with Crippen molar-refractivity contribution in [2.24, 2.45) is 0 Å². The number of anilines is 2. The quantitative estimate of drug-likeness (QED) is 0.767. The van der Waals surface area contributed by atoms with E-state index in [-0.39, 0.29) is 12.1 Å². The van der Waals surface area contributed by atoms with Crippen LogP contribution in [0.2, 0.25) is 0 Å². The summed E-state index contributed by atoms with van der Waals surface area (Å²) in [6, 6.07) is 2.13. The van der Waals surface area contributed by atoms with Gasteiger partial charge in [-0.25, -0.2) is 0 Å². The molecule has 1 aromatic heterocycles. The van der Waals surface area contributed by atoms with Crippen molar-refractivity contribution in [3.05, 3.63) is 31.2 Å². The first-order valence-electron chi connectivity index (χ1n) is 6.58. The second-order valence-corrected chi connectivity index (χ2v) is 4.72. The number of hydrogen-bond acceptors (Lipinski definition) is 5. The fourth-order valence-electron chi connectivity index (χ4n) is 2.37. The zero-order chi connectivity index (χ0) is 14.4. The molecule has 2 atom stereocenters. The molecule has 1 saturated heterocycles. The van der Waals surface area contributed by atoms with E-state index in [1.54, 1.807) is 30.6 Å². The molecule has 0 aromatic carbocycles. The highest BCUT2D eigenvalue weighted by Crippen LogP contribution is 2.20. The van der Waals surface area contributed by atoms with Crippen molar-refractivity contribution in [1.82, 2.24) is 9.88 Å². The van der Waals surface area contributed by atoms with Crippen LogP contribution in [0.5, 0.6) is 0 Å². The molecular formula is C14H20N4O2. The highest BCUT2D eigenvalue weighted by atomic mass is 16.5. The van der Waals surface area contributed by atoms with Crippen LogP contribution < -0.4 is 10.6 Å². The van der Waals surface area contributed by atoms with Crippen molar-refractivity contribution in [3.8, 4) is 0 Å². The van der Waals surface area contributed by atoms with Crippen LogP contribution in [0.1, 0.15) is 6.42 Å². The van der Waals surface area contributed by atoms with Crippen LogP contribution in [0.4, 0.5) is 11.4 Å². The molecule has 1 aliphatic rings. The van der Waals surface area contributed by atoms with E-state index in [1.165, 1.54) is 0 Å². The Hall–Kier alpha value is -2.08. The number of carbonyl (C=O) groups is 1. The van der Waals surface area contributed by atoms with Crippen molar-refractivity contribution >= 4 is 17.8 Å². The lowest BCUT2D eigenvalue weighted by Crippen LogP contribution is -2.50. The average Bonchev–Trinajstić information content (AvgIpc) is 2.48. The van der Waals surface area contributed by atoms with Gasteiger partial charge in [-0.2, -0.15) is 0 Å². The Kier molecular flexibility index (Phi) is 4.95. The van der Waals surface area contributed by atoms with Gasteiger partial charge in [0.1, 0.15) is 0 Å². The average molecular weight is 276 g/mol. The summed E-state index contributed by atoms with van der Waals surface area (Å²) in [5, 5.41) is 6.42. The van der Waals surface area contributed by atoms with E-state index in [9.17, 15) is 4.79 Å². The molecular weight excluding hydrogens is 256 g/mol. The lowest BCUT2D eigenvalue weighted by molar-refractivity contribution is -0.121. The molecule has 0 aliphatic carbocycles. The number of ether oxygens (including phenoxy) is 1. The van der Waals surface area contributed by atoms with Gasteiger partial charge in [-0.05, 0) is 18.7 Å². The Bertz CT molecular complexity index is 466. The molecule has 2 heterocycles. The van der Waals surface area contributed by atoms with Gasteiger partial charge in [0.2, 0.25) is 6.41 Å². The van der Waals surface area contributed by atoms with Gasteiger partial charge in [0, 0.05) is 20.2 Å². The summed E-state index contributed by atoms with van der Waals surface area (Å²) in [6.45, 7) is 4.97.